The highest BCUT2D eigenvalue weighted by Gasteiger charge is 2.28. The number of rotatable bonds is 4. The predicted molar refractivity (Wildman–Crippen MR) is 105 cm³/mol. The lowest BCUT2D eigenvalue weighted by molar-refractivity contribution is 0.0710. The van der Waals surface area contributed by atoms with Gasteiger partial charge in [0.2, 0.25) is 0 Å². The lowest BCUT2D eigenvalue weighted by atomic mass is 9.95. The van der Waals surface area contributed by atoms with Gasteiger partial charge >= 0.3 is 0 Å². The van der Waals surface area contributed by atoms with Crippen molar-refractivity contribution in [3.05, 3.63) is 53.5 Å². The van der Waals surface area contributed by atoms with E-state index in [1.54, 1.807) is 26.4 Å². The van der Waals surface area contributed by atoms with Crippen LogP contribution in [0.5, 0.6) is 11.5 Å². The number of methoxy groups -OCH3 is 2. The highest BCUT2D eigenvalue weighted by Crippen LogP contribution is 2.32. The Hall–Kier alpha value is -3.09. The quantitative estimate of drug-likeness (QED) is 0.696. The van der Waals surface area contributed by atoms with E-state index in [1.807, 2.05) is 40.6 Å². The van der Waals surface area contributed by atoms with Gasteiger partial charge in [0, 0.05) is 36.3 Å². The van der Waals surface area contributed by atoms with Crippen LogP contribution in [-0.4, -0.2) is 52.7 Å². The molecule has 7 heteroatoms. The van der Waals surface area contributed by atoms with Gasteiger partial charge < -0.3 is 14.4 Å². The van der Waals surface area contributed by atoms with E-state index < -0.39 is 0 Å². The number of benzene rings is 1. The van der Waals surface area contributed by atoms with Crippen LogP contribution < -0.4 is 9.47 Å². The van der Waals surface area contributed by atoms with Crippen molar-refractivity contribution in [1.29, 1.82) is 0 Å². The van der Waals surface area contributed by atoms with Crippen LogP contribution in [0, 0.1) is 6.92 Å². The molecule has 3 aromatic rings. The van der Waals surface area contributed by atoms with Crippen molar-refractivity contribution < 1.29 is 14.3 Å². The first-order valence-electron chi connectivity index (χ1n) is 9.44. The van der Waals surface area contributed by atoms with Gasteiger partial charge in [0.1, 0.15) is 17.3 Å². The minimum Gasteiger partial charge on any atom is -0.496 e. The zero-order valence-corrected chi connectivity index (χ0v) is 16.4. The molecule has 28 heavy (non-hydrogen) atoms. The molecule has 0 N–H and O–H groups in total. The van der Waals surface area contributed by atoms with Gasteiger partial charge in [-0.3, -0.25) is 9.20 Å². The van der Waals surface area contributed by atoms with Crippen LogP contribution in [0.4, 0.5) is 0 Å². The molecule has 0 radical (unpaired) electrons. The highest BCUT2D eigenvalue weighted by molar-refractivity contribution is 5.95. The topological polar surface area (TPSA) is 69.0 Å². The van der Waals surface area contributed by atoms with Crippen LogP contribution >= 0.6 is 0 Å². The monoisotopic (exact) mass is 380 g/mol. The van der Waals surface area contributed by atoms with Crippen LogP contribution in [0.3, 0.4) is 0 Å². The van der Waals surface area contributed by atoms with Crippen molar-refractivity contribution in [1.82, 2.24) is 19.5 Å². The number of amides is 1. The number of hydrogen-bond acceptors (Lipinski definition) is 5. The maximum absolute atomic E-state index is 13.0. The summed E-state index contributed by atoms with van der Waals surface area (Å²) in [6, 6.07) is 9.47. The Bertz CT molecular complexity index is 981. The molecule has 0 spiro atoms. The summed E-state index contributed by atoms with van der Waals surface area (Å²) >= 11 is 0. The van der Waals surface area contributed by atoms with Crippen molar-refractivity contribution in [2.24, 2.45) is 0 Å². The molecule has 1 aromatic carbocycles. The van der Waals surface area contributed by atoms with E-state index in [9.17, 15) is 4.79 Å². The number of nitrogens with zero attached hydrogens (tertiary/aromatic N) is 4. The summed E-state index contributed by atoms with van der Waals surface area (Å²) in [6.45, 7) is 3.29. The maximum atomic E-state index is 13.0. The van der Waals surface area contributed by atoms with Gasteiger partial charge in [-0.15, -0.1) is 10.2 Å². The number of carbonyl (C=O) groups excluding carboxylic acids is 1. The van der Waals surface area contributed by atoms with E-state index in [2.05, 4.69) is 10.2 Å². The van der Waals surface area contributed by atoms with E-state index >= 15 is 0 Å². The van der Waals surface area contributed by atoms with Gasteiger partial charge in [-0.1, -0.05) is 6.07 Å². The molecule has 0 aliphatic carbocycles. The molecule has 0 unspecified atom stereocenters. The lowest BCUT2D eigenvalue weighted by Gasteiger charge is -2.31. The Morgan fingerprint density at radius 2 is 1.75 bits per heavy atom. The molecular weight excluding hydrogens is 356 g/mol. The second-order valence-corrected chi connectivity index (χ2v) is 7.06. The van der Waals surface area contributed by atoms with Gasteiger partial charge in [-0.2, -0.15) is 0 Å². The molecule has 4 rings (SSSR count). The first-order chi connectivity index (χ1) is 13.6. The highest BCUT2D eigenvalue weighted by atomic mass is 16.5. The van der Waals surface area contributed by atoms with Crippen molar-refractivity contribution >= 4 is 11.6 Å². The van der Waals surface area contributed by atoms with Crippen molar-refractivity contribution in [2.75, 3.05) is 27.3 Å². The summed E-state index contributed by atoms with van der Waals surface area (Å²) in [5.74, 6) is 2.59. The standard InChI is InChI=1S/C21H24N4O3/c1-14-17(27-2)12-16(13-18(14)28-3)21(26)24-10-7-15(8-11-24)20-23-22-19-6-4-5-9-25(19)20/h4-6,9,12-13,15H,7-8,10-11H2,1-3H3. The van der Waals surface area contributed by atoms with Crippen LogP contribution in [0.1, 0.15) is 40.5 Å². The number of hydrogen-bond donors (Lipinski definition) is 0. The second kappa shape index (κ2) is 7.50. The first-order valence-corrected chi connectivity index (χ1v) is 9.44. The number of carbonyl (C=O) groups is 1. The average Bonchev–Trinajstić information content (AvgIpc) is 3.17. The van der Waals surface area contributed by atoms with Gasteiger partial charge in [0.25, 0.3) is 5.91 Å². The zero-order chi connectivity index (χ0) is 19.7. The summed E-state index contributed by atoms with van der Waals surface area (Å²) in [4.78, 5) is 14.9. The van der Waals surface area contributed by atoms with Gasteiger partial charge in [-0.25, -0.2) is 0 Å². The van der Waals surface area contributed by atoms with Crippen LogP contribution in [0.15, 0.2) is 36.5 Å². The van der Waals surface area contributed by atoms with Gasteiger partial charge in [0.15, 0.2) is 5.65 Å². The Morgan fingerprint density at radius 3 is 2.39 bits per heavy atom. The number of likely N-dealkylation sites (tertiary alicyclic amines) is 1. The smallest absolute Gasteiger partial charge is 0.254 e. The Kier molecular flexibility index (Phi) is 4.90. The fourth-order valence-electron chi connectivity index (χ4n) is 3.87. The molecule has 1 fully saturated rings. The molecule has 146 valence electrons. The van der Waals surface area contributed by atoms with E-state index in [4.69, 9.17) is 9.47 Å². The summed E-state index contributed by atoms with van der Waals surface area (Å²) in [5, 5.41) is 8.63. The third kappa shape index (κ3) is 3.17. The van der Waals surface area contributed by atoms with E-state index in [0.29, 0.717) is 36.1 Å². The number of aromatic nitrogens is 3. The molecule has 2 aromatic heterocycles. The second-order valence-electron chi connectivity index (χ2n) is 7.06. The summed E-state index contributed by atoms with van der Waals surface area (Å²) in [5.41, 5.74) is 2.33. The molecule has 0 saturated carbocycles. The molecular formula is C21H24N4O3. The van der Waals surface area contributed by atoms with Crippen LogP contribution in [-0.2, 0) is 0 Å². The molecule has 3 heterocycles. The first kappa shape index (κ1) is 18.3. The number of pyridine rings is 1. The summed E-state index contributed by atoms with van der Waals surface area (Å²) < 4.78 is 12.8. The third-order valence-corrected chi connectivity index (χ3v) is 5.49. The van der Waals surface area contributed by atoms with Crippen LogP contribution in [0.25, 0.3) is 5.65 Å². The fourth-order valence-corrected chi connectivity index (χ4v) is 3.87. The van der Waals surface area contributed by atoms with Crippen molar-refractivity contribution in [3.8, 4) is 11.5 Å². The minimum absolute atomic E-state index is 0.00107. The lowest BCUT2D eigenvalue weighted by Crippen LogP contribution is -2.38. The Balaban J connectivity index is 1.50. The largest absolute Gasteiger partial charge is 0.496 e. The number of piperidine rings is 1. The predicted octanol–water partition coefficient (Wildman–Crippen LogP) is 3.07. The summed E-state index contributed by atoms with van der Waals surface area (Å²) in [7, 11) is 3.20. The molecule has 0 atom stereocenters. The molecule has 0 bridgehead atoms. The van der Waals surface area contributed by atoms with E-state index in [1.165, 1.54) is 0 Å². The maximum Gasteiger partial charge on any atom is 0.254 e. The molecule has 1 amide bonds. The zero-order valence-electron chi connectivity index (χ0n) is 16.4. The number of fused-ring (bicyclic) bond motifs is 1. The van der Waals surface area contributed by atoms with E-state index in [0.717, 1.165) is 29.9 Å². The summed E-state index contributed by atoms with van der Waals surface area (Å²) in [6.07, 6.45) is 3.72. The van der Waals surface area contributed by atoms with Crippen LogP contribution in [0.2, 0.25) is 0 Å². The third-order valence-electron chi connectivity index (χ3n) is 5.49. The van der Waals surface area contributed by atoms with E-state index in [-0.39, 0.29) is 5.91 Å². The minimum atomic E-state index is 0.00107. The Morgan fingerprint density at radius 1 is 1.07 bits per heavy atom. The molecule has 7 nitrogen and oxygen atoms in total. The Labute approximate surface area is 163 Å². The fraction of sp³-hybridized carbons (Fsp3) is 0.381. The van der Waals surface area contributed by atoms with Crippen molar-refractivity contribution in [2.45, 2.75) is 25.7 Å². The molecule has 1 aliphatic rings. The van der Waals surface area contributed by atoms with Crippen molar-refractivity contribution in [3.63, 3.8) is 0 Å². The van der Waals surface area contributed by atoms with Gasteiger partial charge in [-0.05, 0) is 44.0 Å². The average molecular weight is 380 g/mol. The molecule has 1 aliphatic heterocycles. The molecule has 1 saturated heterocycles. The normalized spacial score (nSPS) is 15.0. The number of ether oxygens (including phenoxy) is 2. The van der Waals surface area contributed by atoms with Gasteiger partial charge in [0.05, 0.1) is 14.2 Å². The SMILES string of the molecule is COc1cc(C(=O)N2CCC(c3nnc4ccccn34)CC2)cc(OC)c1C.